The van der Waals surface area contributed by atoms with Crippen LogP contribution in [0.2, 0.25) is 0 Å². The van der Waals surface area contributed by atoms with Crippen LogP contribution in [-0.4, -0.2) is 18.2 Å². The number of aliphatic carboxylic acids is 1. The predicted molar refractivity (Wildman–Crippen MR) is 63.1 cm³/mol. The second kappa shape index (κ2) is 5.17. The van der Waals surface area contributed by atoms with Crippen molar-refractivity contribution >= 4 is 5.97 Å². The van der Waals surface area contributed by atoms with Crippen LogP contribution in [0.1, 0.15) is 31.4 Å². The highest BCUT2D eigenvalue weighted by Gasteiger charge is 2.29. The second-order valence-electron chi connectivity index (χ2n) is 4.58. The first-order valence-electron chi connectivity index (χ1n) is 5.36. The molecule has 0 aromatic heterocycles. The molecular formula is C13H17FO3. The maximum absolute atomic E-state index is 13.0. The number of carbonyl (C=O) groups is 1. The monoisotopic (exact) mass is 240 g/mol. The SMILES string of the molecule is COc1cccc(CF)c1C(C)(C)CC(=O)O. The summed E-state index contributed by atoms with van der Waals surface area (Å²) in [5.74, 6) is -0.378. The van der Waals surface area contributed by atoms with Gasteiger partial charge in [0, 0.05) is 11.0 Å². The minimum Gasteiger partial charge on any atom is -0.496 e. The molecule has 1 aromatic rings. The van der Waals surface area contributed by atoms with Crippen LogP contribution in [0, 0.1) is 0 Å². The first kappa shape index (κ1) is 13.5. The van der Waals surface area contributed by atoms with Crippen molar-refractivity contribution in [2.75, 3.05) is 7.11 Å². The van der Waals surface area contributed by atoms with Crippen LogP contribution in [-0.2, 0) is 16.9 Å². The summed E-state index contributed by atoms with van der Waals surface area (Å²) in [6.45, 7) is 2.92. The fourth-order valence-electron chi connectivity index (χ4n) is 2.09. The fraction of sp³-hybridized carbons (Fsp3) is 0.462. The lowest BCUT2D eigenvalue weighted by Gasteiger charge is -2.27. The number of carboxylic acid groups (broad SMARTS) is 1. The van der Waals surface area contributed by atoms with Gasteiger partial charge in [-0.05, 0) is 11.6 Å². The normalized spacial score (nSPS) is 11.3. The fourth-order valence-corrected chi connectivity index (χ4v) is 2.09. The Morgan fingerprint density at radius 1 is 1.47 bits per heavy atom. The van der Waals surface area contributed by atoms with Crippen LogP contribution in [0.5, 0.6) is 5.75 Å². The van der Waals surface area contributed by atoms with Crippen molar-refractivity contribution in [1.82, 2.24) is 0 Å². The van der Waals surface area contributed by atoms with Gasteiger partial charge in [-0.2, -0.15) is 0 Å². The van der Waals surface area contributed by atoms with Crippen LogP contribution < -0.4 is 4.74 Å². The van der Waals surface area contributed by atoms with Crippen molar-refractivity contribution in [1.29, 1.82) is 0 Å². The van der Waals surface area contributed by atoms with Crippen LogP contribution >= 0.6 is 0 Å². The molecule has 0 aliphatic heterocycles. The van der Waals surface area contributed by atoms with Crippen molar-refractivity contribution < 1.29 is 19.0 Å². The van der Waals surface area contributed by atoms with Crippen molar-refractivity contribution in [3.63, 3.8) is 0 Å². The molecule has 0 amide bonds. The summed E-state index contributed by atoms with van der Waals surface area (Å²) < 4.78 is 18.2. The van der Waals surface area contributed by atoms with E-state index >= 15 is 0 Å². The molecule has 0 aliphatic carbocycles. The number of hydrogen-bond acceptors (Lipinski definition) is 2. The topological polar surface area (TPSA) is 46.5 Å². The third-order valence-corrected chi connectivity index (χ3v) is 2.75. The number of halogens is 1. The molecule has 4 heteroatoms. The summed E-state index contributed by atoms with van der Waals surface area (Å²) in [7, 11) is 1.50. The van der Waals surface area contributed by atoms with Gasteiger partial charge in [0.2, 0.25) is 0 Å². The van der Waals surface area contributed by atoms with E-state index in [1.165, 1.54) is 7.11 Å². The Labute approximate surface area is 100 Å². The Morgan fingerprint density at radius 2 is 2.12 bits per heavy atom. The van der Waals surface area contributed by atoms with Crippen molar-refractivity contribution in [2.45, 2.75) is 32.4 Å². The van der Waals surface area contributed by atoms with Crippen LogP contribution in [0.4, 0.5) is 4.39 Å². The molecule has 0 atom stereocenters. The number of carboxylic acids is 1. The molecule has 0 aliphatic rings. The van der Waals surface area contributed by atoms with Gasteiger partial charge in [-0.1, -0.05) is 26.0 Å². The molecule has 1 rings (SSSR count). The number of methoxy groups -OCH3 is 1. The Hall–Kier alpha value is -1.58. The molecule has 94 valence electrons. The van der Waals surface area contributed by atoms with E-state index in [0.29, 0.717) is 16.9 Å². The molecule has 17 heavy (non-hydrogen) atoms. The Balaban J connectivity index is 3.30. The maximum atomic E-state index is 13.0. The minimum atomic E-state index is -0.911. The molecule has 0 saturated carbocycles. The van der Waals surface area contributed by atoms with Crippen molar-refractivity contribution in [2.24, 2.45) is 0 Å². The quantitative estimate of drug-likeness (QED) is 0.860. The zero-order valence-corrected chi connectivity index (χ0v) is 10.3. The molecule has 3 nitrogen and oxygen atoms in total. The summed E-state index contributed by atoms with van der Waals surface area (Å²) in [6.07, 6.45) is -0.0691. The molecule has 0 heterocycles. The van der Waals surface area contributed by atoms with E-state index in [1.807, 2.05) is 0 Å². The largest absolute Gasteiger partial charge is 0.496 e. The zero-order chi connectivity index (χ0) is 13.1. The third kappa shape index (κ3) is 2.96. The smallest absolute Gasteiger partial charge is 0.304 e. The van der Waals surface area contributed by atoms with Crippen LogP contribution in [0.15, 0.2) is 18.2 Å². The van der Waals surface area contributed by atoms with Crippen LogP contribution in [0.25, 0.3) is 0 Å². The summed E-state index contributed by atoms with van der Waals surface area (Å²) in [5, 5.41) is 8.90. The molecule has 0 bridgehead atoms. The van der Waals surface area contributed by atoms with Gasteiger partial charge >= 0.3 is 5.97 Å². The maximum Gasteiger partial charge on any atom is 0.304 e. The van der Waals surface area contributed by atoms with Crippen molar-refractivity contribution in [3.8, 4) is 5.75 Å². The first-order valence-corrected chi connectivity index (χ1v) is 5.36. The van der Waals surface area contributed by atoms with Gasteiger partial charge in [-0.15, -0.1) is 0 Å². The molecule has 0 radical (unpaired) electrons. The van der Waals surface area contributed by atoms with Gasteiger partial charge in [0.15, 0.2) is 0 Å². The second-order valence-corrected chi connectivity index (χ2v) is 4.58. The van der Waals surface area contributed by atoms with E-state index in [4.69, 9.17) is 9.84 Å². The molecule has 0 spiro atoms. The Bertz CT molecular complexity index is 391. The number of hydrogen-bond donors (Lipinski definition) is 1. The third-order valence-electron chi connectivity index (χ3n) is 2.75. The van der Waals surface area contributed by atoms with E-state index in [2.05, 4.69) is 0 Å². The average molecular weight is 240 g/mol. The van der Waals surface area contributed by atoms with Gasteiger partial charge < -0.3 is 9.84 Å². The number of alkyl halides is 1. The Kier molecular flexibility index (Phi) is 4.10. The van der Waals surface area contributed by atoms with Gasteiger partial charge in [0.25, 0.3) is 0 Å². The summed E-state index contributed by atoms with van der Waals surface area (Å²) >= 11 is 0. The lowest BCUT2D eigenvalue weighted by molar-refractivity contribution is -0.138. The van der Waals surface area contributed by atoms with Gasteiger partial charge in [-0.3, -0.25) is 4.79 Å². The predicted octanol–water partition coefficient (Wildman–Crippen LogP) is 2.92. The average Bonchev–Trinajstić information content (AvgIpc) is 2.26. The molecule has 1 aromatic carbocycles. The van der Waals surface area contributed by atoms with E-state index in [1.54, 1.807) is 32.0 Å². The number of rotatable bonds is 5. The number of ether oxygens (including phenoxy) is 1. The van der Waals surface area contributed by atoms with E-state index < -0.39 is 18.1 Å². The molecule has 0 unspecified atom stereocenters. The highest BCUT2D eigenvalue weighted by Crippen LogP contribution is 2.37. The van der Waals surface area contributed by atoms with E-state index in [9.17, 15) is 9.18 Å². The first-order chi connectivity index (χ1) is 7.92. The lowest BCUT2D eigenvalue weighted by atomic mass is 9.78. The summed E-state index contributed by atoms with van der Waals surface area (Å²) in [6, 6.07) is 5.08. The lowest BCUT2D eigenvalue weighted by Crippen LogP contribution is -2.24. The van der Waals surface area contributed by atoms with E-state index in [-0.39, 0.29) is 6.42 Å². The highest BCUT2D eigenvalue weighted by molar-refractivity contribution is 5.69. The number of benzene rings is 1. The summed E-state index contributed by atoms with van der Waals surface area (Å²) in [4.78, 5) is 10.9. The Morgan fingerprint density at radius 3 is 2.59 bits per heavy atom. The molecule has 0 saturated heterocycles. The standard InChI is InChI=1S/C13H17FO3/c1-13(2,7-11(15)16)12-9(8-14)5-4-6-10(12)17-3/h4-6H,7-8H2,1-3H3,(H,15,16). The minimum absolute atomic E-state index is 0.0691. The van der Waals surface area contributed by atoms with Crippen molar-refractivity contribution in [3.05, 3.63) is 29.3 Å². The van der Waals surface area contributed by atoms with Gasteiger partial charge in [-0.25, -0.2) is 4.39 Å². The summed E-state index contributed by atoms with van der Waals surface area (Å²) in [5.41, 5.74) is 0.447. The van der Waals surface area contributed by atoms with Gasteiger partial charge in [0.1, 0.15) is 12.4 Å². The molecular weight excluding hydrogens is 223 g/mol. The highest BCUT2D eigenvalue weighted by atomic mass is 19.1. The van der Waals surface area contributed by atoms with E-state index in [0.717, 1.165) is 0 Å². The molecule has 1 N–H and O–H groups in total. The zero-order valence-electron chi connectivity index (χ0n) is 10.3. The van der Waals surface area contributed by atoms with Crippen LogP contribution in [0.3, 0.4) is 0 Å². The molecule has 0 fully saturated rings. The van der Waals surface area contributed by atoms with Gasteiger partial charge in [0.05, 0.1) is 13.5 Å².